The Kier molecular flexibility index (Phi) is 3.50. The smallest absolute Gasteiger partial charge is 0.153 e. The monoisotopic (exact) mass is 285 g/mol. The van der Waals surface area contributed by atoms with Gasteiger partial charge in [0.25, 0.3) is 0 Å². The van der Waals surface area contributed by atoms with Crippen LogP contribution in [0.3, 0.4) is 0 Å². The Bertz CT molecular complexity index is 761. The van der Waals surface area contributed by atoms with Crippen LogP contribution in [0.4, 0.5) is 0 Å². The molecule has 2 N–H and O–H groups in total. The number of ether oxygens (including phenoxy) is 1. The van der Waals surface area contributed by atoms with E-state index in [1.165, 1.54) is 0 Å². The van der Waals surface area contributed by atoms with Gasteiger partial charge in [-0.3, -0.25) is 9.97 Å². The highest BCUT2D eigenvalue weighted by Crippen LogP contribution is 2.33. The zero-order valence-corrected chi connectivity index (χ0v) is 11.3. The Balaban J connectivity index is 2.09. The lowest BCUT2D eigenvalue weighted by atomic mass is 10.2. The summed E-state index contributed by atoms with van der Waals surface area (Å²) in [5.74, 6) is 1.26. The number of pyridine rings is 2. The van der Waals surface area contributed by atoms with Crippen LogP contribution in [0.25, 0.3) is 10.9 Å². The second-order valence-corrected chi connectivity index (χ2v) is 4.64. The highest BCUT2D eigenvalue weighted by molar-refractivity contribution is 6.35. The van der Waals surface area contributed by atoms with Crippen LogP contribution in [0, 0.1) is 0 Å². The number of halogens is 1. The van der Waals surface area contributed by atoms with Crippen LogP contribution in [-0.2, 0) is 6.54 Å². The number of rotatable bonds is 3. The van der Waals surface area contributed by atoms with Gasteiger partial charge in [0.15, 0.2) is 5.75 Å². The number of hydrogen-bond donors (Lipinski definition) is 1. The summed E-state index contributed by atoms with van der Waals surface area (Å²) in [5.41, 5.74) is 7.30. The molecule has 20 heavy (non-hydrogen) atoms. The van der Waals surface area contributed by atoms with E-state index in [0.717, 1.165) is 10.9 Å². The molecule has 0 aliphatic rings. The number of hydrogen-bond acceptors (Lipinski definition) is 4. The van der Waals surface area contributed by atoms with E-state index in [4.69, 9.17) is 22.1 Å². The van der Waals surface area contributed by atoms with Crippen LogP contribution >= 0.6 is 11.6 Å². The third kappa shape index (κ3) is 2.31. The van der Waals surface area contributed by atoms with Gasteiger partial charge in [-0.1, -0.05) is 11.6 Å². The van der Waals surface area contributed by atoms with Crippen molar-refractivity contribution >= 4 is 22.5 Å². The third-order valence-electron chi connectivity index (χ3n) is 2.99. The number of fused-ring (bicyclic) bond motifs is 1. The van der Waals surface area contributed by atoms with Gasteiger partial charge in [0, 0.05) is 29.9 Å². The van der Waals surface area contributed by atoms with E-state index in [1.54, 1.807) is 30.7 Å². The fourth-order valence-corrected chi connectivity index (χ4v) is 2.20. The lowest BCUT2D eigenvalue weighted by Gasteiger charge is -2.11. The molecule has 0 saturated carbocycles. The molecule has 2 aromatic heterocycles. The summed E-state index contributed by atoms with van der Waals surface area (Å²) in [6.45, 7) is 0.386. The van der Waals surface area contributed by atoms with Crippen molar-refractivity contribution in [3.63, 3.8) is 0 Å². The van der Waals surface area contributed by atoms with Crippen LogP contribution in [-0.4, -0.2) is 9.97 Å². The van der Waals surface area contributed by atoms with Crippen LogP contribution in [0.15, 0.2) is 48.9 Å². The van der Waals surface area contributed by atoms with Crippen molar-refractivity contribution in [2.75, 3.05) is 0 Å². The molecule has 0 radical (unpaired) electrons. The molecule has 5 heteroatoms. The zero-order chi connectivity index (χ0) is 13.9. The van der Waals surface area contributed by atoms with Gasteiger partial charge in [-0.05, 0) is 30.3 Å². The molecule has 0 fully saturated rings. The van der Waals surface area contributed by atoms with Gasteiger partial charge in [-0.15, -0.1) is 0 Å². The molecule has 1 aromatic carbocycles. The van der Waals surface area contributed by atoms with Gasteiger partial charge in [0.1, 0.15) is 11.3 Å². The molecular weight excluding hydrogens is 274 g/mol. The Morgan fingerprint density at radius 3 is 2.85 bits per heavy atom. The average Bonchev–Trinajstić information content (AvgIpc) is 2.51. The predicted molar refractivity (Wildman–Crippen MR) is 79.0 cm³/mol. The molecule has 0 unspecified atom stereocenters. The van der Waals surface area contributed by atoms with Gasteiger partial charge in [-0.25, -0.2) is 0 Å². The minimum atomic E-state index is 0.386. The first kappa shape index (κ1) is 12.8. The second-order valence-electron chi connectivity index (χ2n) is 4.23. The van der Waals surface area contributed by atoms with Crippen molar-refractivity contribution in [3.05, 3.63) is 59.5 Å². The average molecular weight is 286 g/mol. The topological polar surface area (TPSA) is 61.0 Å². The molecule has 3 rings (SSSR count). The molecule has 0 aliphatic carbocycles. The molecule has 0 atom stereocenters. The number of nitrogens with zero attached hydrogens (tertiary/aromatic N) is 2. The number of benzene rings is 1. The van der Waals surface area contributed by atoms with Crippen LogP contribution in [0.5, 0.6) is 11.5 Å². The Morgan fingerprint density at radius 1 is 1.10 bits per heavy atom. The van der Waals surface area contributed by atoms with Crippen LogP contribution in [0.2, 0.25) is 5.02 Å². The van der Waals surface area contributed by atoms with Crippen molar-refractivity contribution in [1.82, 2.24) is 9.97 Å². The number of nitrogens with two attached hydrogens (primary N) is 1. The molecule has 0 aliphatic heterocycles. The van der Waals surface area contributed by atoms with Crippen molar-refractivity contribution in [2.24, 2.45) is 5.73 Å². The summed E-state index contributed by atoms with van der Waals surface area (Å²) in [6, 6.07) is 9.17. The Morgan fingerprint density at radius 2 is 2.00 bits per heavy atom. The first-order valence-electron chi connectivity index (χ1n) is 6.13. The van der Waals surface area contributed by atoms with E-state index in [2.05, 4.69) is 9.97 Å². The molecule has 0 bridgehead atoms. The molecule has 0 spiro atoms. The Hall–Kier alpha value is -2.17. The first-order valence-corrected chi connectivity index (χ1v) is 6.51. The lowest BCUT2D eigenvalue weighted by molar-refractivity contribution is 0.478. The molecule has 3 aromatic rings. The zero-order valence-electron chi connectivity index (χ0n) is 10.6. The van der Waals surface area contributed by atoms with E-state index < -0.39 is 0 Å². The fourth-order valence-electron chi connectivity index (χ4n) is 1.98. The molecule has 0 saturated heterocycles. The summed E-state index contributed by atoms with van der Waals surface area (Å²) < 4.78 is 5.91. The van der Waals surface area contributed by atoms with E-state index in [9.17, 15) is 0 Å². The van der Waals surface area contributed by atoms with E-state index >= 15 is 0 Å². The van der Waals surface area contributed by atoms with Gasteiger partial charge >= 0.3 is 0 Å². The van der Waals surface area contributed by atoms with Gasteiger partial charge in [0.2, 0.25) is 0 Å². The molecular formula is C15H12ClN3O. The van der Waals surface area contributed by atoms with Gasteiger partial charge < -0.3 is 10.5 Å². The van der Waals surface area contributed by atoms with E-state index in [0.29, 0.717) is 28.6 Å². The second kappa shape index (κ2) is 5.45. The maximum atomic E-state index is 6.16. The maximum Gasteiger partial charge on any atom is 0.153 e. The lowest BCUT2D eigenvalue weighted by Crippen LogP contribution is -2.00. The normalized spacial score (nSPS) is 10.7. The summed E-state index contributed by atoms with van der Waals surface area (Å²) >= 11 is 6.16. The SMILES string of the molecule is NCc1ccncc1Oc1ccc(Cl)c2cccnc12. The quantitative estimate of drug-likeness (QED) is 0.799. The minimum absolute atomic E-state index is 0.386. The summed E-state index contributed by atoms with van der Waals surface area (Å²) in [6.07, 6.45) is 5.04. The third-order valence-corrected chi connectivity index (χ3v) is 3.32. The van der Waals surface area contributed by atoms with Gasteiger partial charge in [-0.2, -0.15) is 0 Å². The highest BCUT2D eigenvalue weighted by atomic mass is 35.5. The fraction of sp³-hybridized carbons (Fsp3) is 0.0667. The summed E-state index contributed by atoms with van der Waals surface area (Å²) in [7, 11) is 0. The summed E-state index contributed by atoms with van der Waals surface area (Å²) in [5, 5.41) is 1.50. The first-order chi connectivity index (χ1) is 9.79. The largest absolute Gasteiger partial charge is 0.453 e. The van der Waals surface area contributed by atoms with Crippen molar-refractivity contribution in [1.29, 1.82) is 0 Å². The molecule has 0 amide bonds. The van der Waals surface area contributed by atoms with Crippen molar-refractivity contribution < 1.29 is 4.74 Å². The number of aromatic nitrogens is 2. The Labute approximate surface area is 121 Å². The van der Waals surface area contributed by atoms with Crippen molar-refractivity contribution in [3.8, 4) is 11.5 Å². The predicted octanol–water partition coefficient (Wildman–Crippen LogP) is 3.53. The van der Waals surface area contributed by atoms with Gasteiger partial charge in [0.05, 0.1) is 11.2 Å². The van der Waals surface area contributed by atoms with Crippen molar-refractivity contribution in [2.45, 2.75) is 6.54 Å². The van der Waals surface area contributed by atoms with E-state index in [-0.39, 0.29) is 0 Å². The minimum Gasteiger partial charge on any atom is -0.453 e. The molecule has 2 heterocycles. The summed E-state index contributed by atoms with van der Waals surface area (Å²) in [4.78, 5) is 8.39. The molecule has 100 valence electrons. The van der Waals surface area contributed by atoms with Crippen LogP contribution in [0.1, 0.15) is 5.56 Å². The molecule has 4 nitrogen and oxygen atoms in total. The van der Waals surface area contributed by atoms with E-state index in [1.807, 2.05) is 18.2 Å². The van der Waals surface area contributed by atoms with Crippen LogP contribution < -0.4 is 10.5 Å². The maximum absolute atomic E-state index is 6.16. The standard InChI is InChI=1S/C15H12ClN3O/c16-12-3-4-13(15-11(12)2-1-6-19-15)20-14-9-18-7-5-10(14)8-17/h1-7,9H,8,17H2. The highest BCUT2D eigenvalue weighted by Gasteiger charge is 2.09.